The molecule has 2 heterocycles. The van der Waals surface area contributed by atoms with Gasteiger partial charge >= 0.3 is 0 Å². The summed E-state index contributed by atoms with van der Waals surface area (Å²) in [6, 6.07) is 15.0. The zero-order chi connectivity index (χ0) is 20.5. The van der Waals surface area contributed by atoms with E-state index in [0.717, 1.165) is 28.4 Å². The Hall–Kier alpha value is -3.35. The molecule has 0 fully saturated rings. The van der Waals surface area contributed by atoms with Gasteiger partial charge in [0.25, 0.3) is 0 Å². The number of methoxy groups -OCH3 is 1. The molecule has 2 aromatic carbocycles. The van der Waals surface area contributed by atoms with Crippen molar-refractivity contribution in [2.75, 3.05) is 31.0 Å². The van der Waals surface area contributed by atoms with Crippen LogP contribution in [0.5, 0.6) is 5.75 Å². The van der Waals surface area contributed by atoms with E-state index in [0.29, 0.717) is 6.42 Å². The Bertz CT molecular complexity index is 929. The van der Waals surface area contributed by atoms with E-state index in [1.54, 1.807) is 31.0 Å². The molecule has 2 aliphatic rings. The van der Waals surface area contributed by atoms with Crippen LogP contribution in [0.1, 0.15) is 18.4 Å². The van der Waals surface area contributed by atoms with Crippen LogP contribution < -0.4 is 14.5 Å². The van der Waals surface area contributed by atoms with Gasteiger partial charge in [-0.3, -0.25) is 9.59 Å². The molecule has 0 aliphatic carbocycles. The zero-order valence-corrected chi connectivity index (χ0v) is 16.7. The zero-order valence-electron chi connectivity index (χ0n) is 16.7. The van der Waals surface area contributed by atoms with Gasteiger partial charge in [-0.15, -0.1) is 0 Å². The van der Waals surface area contributed by atoms with Crippen LogP contribution in [0.15, 0.2) is 53.7 Å². The van der Waals surface area contributed by atoms with Crippen molar-refractivity contribution in [3.8, 4) is 5.75 Å². The van der Waals surface area contributed by atoms with Gasteiger partial charge in [-0.1, -0.05) is 17.3 Å². The van der Waals surface area contributed by atoms with E-state index in [1.807, 2.05) is 48.5 Å². The molecule has 29 heavy (non-hydrogen) atoms. The summed E-state index contributed by atoms with van der Waals surface area (Å²) in [4.78, 5) is 34.8. The maximum absolute atomic E-state index is 13.0. The Kier molecular flexibility index (Phi) is 4.96. The highest BCUT2D eigenvalue weighted by Gasteiger charge is 2.40. The lowest BCUT2D eigenvalue weighted by molar-refractivity contribution is -0.133. The fourth-order valence-corrected chi connectivity index (χ4v) is 3.82. The van der Waals surface area contributed by atoms with E-state index >= 15 is 0 Å². The highest BCUT2D eigenvalue weighted by molar-refractivity contribution is 6.17. The Labute approximate surface area is 169 Å². The first kappa shape index (κ1) is 19.0. The molecule has 150 valence electrons. The Balaban J connectivity index is 1.50. The van der Waals surface area contributed by atoms with Crippen molar-refractivity contribution in [1.82, 2.24) is 0 Å². The molecule has 7 nitrogen and oxygen atoms in total. The normalized spacial score (nSPS) is 19.6. The van der Waals surface area contributed by atoms with Crippen LogP contribution in [0.2, 0.25) is 0 Å². The fourth-order valence-electron chi connectivity index (χ4n) is 3.82. The van der Waals surface area contributed by atoms with Gasteiger partial charge < -0.3 is 19.4 Å². The maximum Gasteiger partial charge on any atom is 0.239 e. The quantitative estimate of drug-likeness (QED) is 0.749. The molecule has 0 saturated carbocycles. The van der Waals surface area contributed by atoms with Crippen molar-refractivity contribution in [2.45, 2.75) is 18.9 Å². The van der Waals surface area contributed by atoms with Crippen LogP contribution in [0.4, 0.5) is 11.4 Å². The fraction of sp³-hybridized carbons (Fsp3) is 0.318. The second kappa shape index (κ2) is 7.58. The predicted molar refractivity (Wildman–Crippen MR) is 110 cm³/mol. The van der Waals surface area contributed by atoms with Crippen molar-refractivity contribution >= 4 is 28.9 Å². The van der Waals surface area contributed by atoms with Gasteiger partial charge in [0, 0.05) is 26.9 Å². The number of fused-ring (bicyclic) bond motifs is 1. The summed E-state index contributed by atoms with van der Waals surface area (Å²) >= 11 is 0. The molecule has 0 radical (unpaired) electrons. The molecule has 2 aromatic rings. The Morgan fingerprint density at radius 1 is 1.00 bits per heavy atom. The number of oxime groups is 1. The standard InChI is InChI=1S/C22H23N3O4/c1-24-19-6-4-5-7-20(19)25(2)22(27)17(21(24)26)12-16-13-18(23-29-16)14-8-10-15(28-3)11-9-14/h4-11,16-17H,12-13H2,1-3H3. The summed E-state index contributed by atoms with van der Waals surface area (Å²) in [7, 11) is 5.03. The van der Waals surface area contributed by atoms with Crippen LogP contribution in [-0.2, 0) is 14.4 Å². The lowest BCUT2D eigenvalue weighted by Crippen LogP contribution is -2.41. The first-order valence-corrected chi connectivity index (χ1v) is 9.51. The second-order valence-electron chi connectivity index (χ2n) is 7.27. The lowest BCUT2D eigenvalue weighted by atomic mass is 9.94. The third kappa shape index (κ3) is 3.44. The number of hydrogen-bond acceptors (Lipinski definition) is 5. The minimum atomic E-state index is -0.812. The van der Waals surface area contributed by atoms with Crippen LogP contribution in [0.3, 0.4) is 0 Å². The molecule has 1 atom stereocenters. The van der Waals surface area contributed by atoms with Gasteiger partial charge in [-0.2, -0.15) is 0 Å². The van der Waals surface area contributed by atoms with Crippen molar-refractivity contribution in [3.05, 3.63) is 54.1 Å². The Morgan fingerprint density at radius 3 is 2.14 bits per heavy atom. The van der Waals surface area contributed by atoms with Crippen molar-refractivity contribution in [1.29, 1.82) is 0 Å². The highest BCUT2D eigenvalue weighted by Crippen LogP contribution is 2.35. The Morgan fingerprint density at radius 2 is 1.59 bits per heavy atom. The number of carbonyl (C=O) groups is 2. The van der Waals surface area contributed by atoms with Crippen LogP contribution in [-0.4, -0.2) is 44.8 Å². The molecule has 2 aliphatic heterocycles. The summed E-state index contributed by atoms with van der Waals surface area (Å²) in [6.07, 6.45) is 0.501. The maximum atomic E-state index is 13.0. The third-order valence-corrected chi connectivity index (χ3v) is 5.52. The average Bonchev–Trinajstić information content (AvgIpc) is 3.22. The summed E-state index contributed by atoms with van der Waals surface area (Å²) in [5, 5.41) is 4.19. The number of amides is 2. The lowest BCUT2D eigenvalue weighted by Gasteiger charge is -2.21. The number of nitrogens with zero attached hydrogens (tertiary/aromatic N) is 3. The molecular weight excluding hydrogens is 370 g/mol. The van der Waals surface area contributed by atoms with E-state index in [9.17, 15) is 9.59 Å². The molecular formula is C22H23N3O4. The van der Waals surface area contributed by atoms with Gasteiger partial charge in [0.2, 0.25) is 11.8 Å². The number of rotatable bonds is 4. The van der Waals surface area contributed by atoms with Gasteiger partial charge in [0.1, 0.15) is 17.8 Å². The van der Waals surface area contributed by atoms with Gasteiger partial charge in [-0.05, 0) is 42.0 Å². The van der Waals surface area contributed by atoms with E-state index in [1.165, 1.54) is 0 Å². The van der Waals surface area contributed by atoms with Crippen LogP contribution >= 0.6 is 0 Å². The van der Waals surface area contributed by atoms with E-state index in [2.05, 4.69) is 5.16 Å². The van der Waals surface area contributed by atoms with Crippen molar-refractivity contribution in [2.24, 2.45) is 11.1 Å². The number of para-hydroxylation sites is 2. The molecule has 2 amide bonds. The SMILES string of the molecule is COc1ccc(C2=NOC(CC3C(=O)N(C)c4ccccc4N(C)C3=O)C2)cc1. The topological polar surface area (TPSA) is 71.4 Å². The minimum Gasteiger partial charge on any atom is -0.497 e. The molecule has 0 N–H and O–H groups in total. The number of carbonyl (C=O) groups excluding carboxylic acids is 2. The molecule has 0 spiro atoms. The average molecular weight is 393 g/mol. The second-order valence-corrected chi connectivity index (χ2v) is 7.27. The molecule has 7 heteroatoms. The number of anilines is 2. The summed E-state index contributed by atoms with van der Waals surface area (Å²) in [6.45, 7) is 0. The van der Waals surface area contributed by atoms with Crippen molar-refractivity contribution in [3.63, 3.8) is 0 Å². The number of hydrogen-bond donors (Lipinski definition) is 0. The molecule has 0 aromatic heterocycles. The molecule has 1 unspecified atom stereocenters. The van der Waals surface area contributed by atoms with E-state index in [4.69, 9.17) is 9.57 Å². The summed E-state index contributed by atoms with van der Waals surface area (Å²) in [5.41, 5.74) is 3.18. The minimum absolute atomic E-state index is 0.228. The van der Waals surface area contributed by atoms with Crippen LogP contribution in [0, 0.1) is 5.92 Å². The van der Waals surface area contributed by atoms with Crippen LogP contribution in [0.25, 0.3) is 0 Å². The van der Waals surface area contributed by atoms with Gasteiger partial charge in [0.05, 0.1) is 24.2 Å². The summed E-state index contributed by atoms with van der Waals surface area (Å²) in [5.74, 6) is -0.500. The monoisotopic (exact) mass is 393 g/mol. The first-order valence-electron chi connectivity index (χ1n) is 9.51. The number of benzene rings is 2. The smallest absolute Gasteiger partial charge is 0.239 e. The van der Waals surface area contributed by atoms with E-state index < -0.39 is 5.92 Å². The van der Waals surface area contributed by atoms with E-state index in [-0.39, 0.29) is 24.3 Å². The first-order chi connectivity index (χ1) is 14.0. The molecule has 0 bridgehead atoms. The molecule has 4 rings (SSSR count). The van der Waals surface area contributed by atoms with Gasteiger partial charge in [0.15, 0.2) is 0 Å². The summed E-state index contributed by atoms with van der Waals surface area (Å²) < 4.78 is 5.18. The highest BCUT2D eigenvalue weighted by atomic mass is 16.6. The van der Waals surface area contributed by atoms with Gasteiger partial charge in [-0.25, -0.2) is 0 Å². The molecule has 0 saturated heterocycles. The number of ether oxygens (including phenoxy) is 1. The predicted octanol–water partition coefficient (Wildman–Crippen LogP) is 2.83. The largest absolute Gasteiger partial charge is 0.497 e. The third-order valence-electron chi connectivity index (χ3n) is 5.52. The van der Waals surface area contributed by atoms with Crippen molar-refractivity contribution < 1.29 is 19.2 Å².